The van der Waals surface area contributed by atoms with Crippen LogP contribution in [0, 0.1) is 11.6 Å². The maximum atomic E-state index is 14.0. The molecule has 0 bridgehead atoms. The number of fused-ring (bicyclic) bond motifs is 1. The molecule has 0 saturated carbocycles. The van der Waals surface area contributed by atoms with Gasteiger partial charge >= 0.3 is 6.18 Å². The molecule has 0 radical (unpaired) electrons. The standard InChI is InChI=1S/C24H19F5N4O2S/c1-11(30)21-20(23(36)31-10-12-3-4-13(25)9-16(12)26)33-22(35-21)15-5-7-17(34-2)19-14(15)6-8-18(32-19)24(27,28)29/h3-9,11H,10,30H2,1-2H3,(H,31,36)/t11-/m0/s1. The van der Waals surface area contributed by atoms with Gasteiger partial charge in [0.2, 0.25) is 5.89 Å². The molecule has 36 heavy (non-hydrogen) atoms. The van der Waals surface area contributed by atoms with E-state index in [1.807, 2.05) is 0 Å². The normalized spacial score (nSPS) is 12.6. The van der Waals surface area contributed by atoms with Gasteiger partial charge in [0, 0.05) is 29.1 Å². The van der Waals surface area contributed by atoms with Crippen LogP contribution in [0.4, 0.5) is 22.0 Å². The van der Waals surface area contributed by atoms with E-state index in [9.17, 15) is 22.0 Å². The quantitative estimate of drug-likeness (QED) is 0.249. The van der Waals surface area contributed by atoms with Crippen LogP contribution in [0.1, 0.15) is 35.7 Å². The smallest absolute Gasteiger partial charge is 0.433 e. The fourth-order valence-corrected chi connectivity index (χ4v) is 3.76. The van der Waals surface area contributed by atoms with Crippen molar-refractivity contribution in [3.8, 4) is 17.2 Å². The Morgan fingerprint density at radius 2 is 1.89 bits per heavy atom. The fourth-order valence-electron chi connectivity index (χ4n) is 3.54. The molecule has 0 fully saturated rings. The van der Waals surface area contributed by atoms with Crippen LogP contribution < -0.4 is 15.8 Å². The maximum Gasteiger partial charge on any atom is 0.433 e. The molecule has 0 aliphatic rings. The highest BCUT2D eigenvalue weighted by molar-refractivity contribution is 7.80. The summed E-state index contributed by atoms with van der Waals surface area (Å²) in [5.74, 6) is -1.05. The number of benzene rings is 2. The van der Waals surface area contributed by atoms with Crippen LogP contribution in [-0.2, 0) is 12.7 Å². The number of hydrogen-bond acceptors (Lipinski definition) is 6. The second-order valence-electron chi connectivity index (χ2n) is 7.84. The van der Waals surface area contributed by atoms with Gasteiger partial charge in [0.1, 0.15) is 39.3 Å². The van der Waals surface area contributed by atoms with Crippen molar-refractivity contribution in [1.29, 1.82) is 0 Å². The predicted octanol–water partition coefficient (Wildman–Crippen LogP) is 5.68. The summed E-state index contributed by atoms with van der Waals surface area (Å²) in [6.07, 6.45) is -4.64. The molecule has 12 heteroatoms. The number of thiocarbonyl (C=S) groups is 1. The minimum atomic E-state index is -4.64. The Labute approximate surface area is 207 Å². The number of methoxy groups -OCH3 is 1. The van der Waals surface area contributed by atoms with Gasteiger partial charge in [0.25, 0.3) is 0 Å². The van der Waals surface area contributed by atoms with Crippen molar-refractivity contribution in [3.05, 3.63) is 76.8 Å². The van der Waals surface area contributed by atoms with Crippen molar-refractivity contribution in [1.82, 2.24) is 15.3 Å². The minimum absolute atomic E-state index is 0.0283. The Hall–Kier alpha value is -3.64. The molecule has 0 amide bonds. The van der Waals surface area contributed by atoms with Gasteiger partial charge in [0.15, 0.2) is 5.76 Å². The third kappa shape index (κ3) is 5.00. The average Bonchev–Trinajstić information content (AvgIpc) is 3.27. The van der Waals surface area contributed by atoms with Crippen LogP contribution in [-0.4, -0.2) is 22.1 Å². The molecule has 6 nitrogen and oxygen atoms in total. The first kappa shape index (κ1) is 25.5. The number of rotatable bonds is 6. The lowest BCUT2D eigenvalue weighted by atomic mass is 10.1. The Kier molecular flexibility index (Phi) is 6.92. The maximum absolute atomic E-state index is 14.0. The Morgan fingerprint density at radius 3 is 2.53 bits per heavy atom. The van der Waals surface area contributed by atoms with E-state index in [1.54, 1.807) is 13.0 Å². The summed E-state index contributed by atoms with van der Waals surface area (Å²) < 4.78 is 77.9. The number of aromatic nitrogens is 2. The zero-order chi connectivity index (χ0) is 26.2. The molecule has 0 aliphatic heterocycles. The molecule has 2 aromatic carbocycles. The first-order valence-electron chi connectivity index (χ1n) is 10.5. The largest absolute Gasteiger partial charge is 0.494 e. The summed E-state index contributed by atoms with van der Waals surface area (Å²) in [4.78, 5) is 8.26. The van der Waals surface area contributed by atoms with E-state index in [1.165, 1.54) is 25.3 Å². The van der Waals surface area contributed by atoms with Crippen LogP contribution in [0.15, 0.2) is 46.9 Å². The predicted molar refractivity (Wildman–Crippen MR) is 126 cm³/mol. The second kappa shape index (κ2) is 9.78. The van der Waals surface area contributed by atoms with Gasteiger partial charge < -0.3 is 20.2 Å². The Morgan fingerprint density at radius 1 is 1.14 bits per heavy atom. The Bertz CT molecular complexity index is 1450. The zero-order valence-electron chi connectivity index (χ0n) is 18.9. The van der Waals surface area contributed by atoms with Crippen molar-refractivity contribution in [2.75, 3.05) is 7.11 Å². The monoisotopic (exact) mass is 522 g/mol. The highest BCUT2D eigenvalue weighted by Gasteiger charge is 2.33. The zero-order valence-corrected chi connectivity index (χ0v) is 19.7. The van der Waals surface area contributed by atoms with Gasteiger partial charge in [-0.2, -0.15) is 13.2 Å². The van der Waals surface area contributed by atoms with E-state index in [2.05, 4.69) is 15.3 Å². The first-order chi connectivity index (χ1) is 17.0. The molecule has 2 aromatic heterocycles. The summed E-state index contributed by atoms with van der Waals surface area (Å²) in [5, 5.41) is 3.15. The molecule has 188 valence electrons. The van der Waals surface area contributed by atoms with Gasteiger partial charge in [0.05, 0.1) is 13.2 Å². The van der Waals surface area contributed by atoms with Gasteiger partial charge in [-0.25, -0.2) is 18.7 Å². The van der Waals surface area contributed by atoms with E-state index >= 15 is 0 Å². The molecule has 4 rings (SSSR count). The molecule has 0 aliphatic carbocycles. The average molecular weight is 522 g/mol. The van der Waals surface area contributed by atoms with Gasteiger partial charge in [-0.15, -0.1) is 0 Å². The van der Waals surface area contributed by atoms with Crippen LogP contribution >= 0.6 is 12.2 Å². The molecular weight excluding hydrogens is 503 g/mol. The van der Waals surface area contributed by atoms with Crippen molar-refractivity contribution in [3.63, 3.8) is 0 Å². The summed E-state index contributed by atoms with van der Waals surface area (Å²) in [6.45, 7) is 1.58. The molecule has 1 atom stereocenters. The van der Waals surface area contributed by atoms with Gasteiger partial charge in [-0.1, -0.05) is 18.3 Å². The molecule has 0 spiro atoms. The number of oxazole rings is 1. The number of pyridine rings is 1. The van der Waals surface area contributed by atoms with Crippen molar-refractivity contribution < 1.29 is 31.1 Å². The van der Waals surface area contributed by atoms with E-state index in [0.29, 0.717) is 10.9 Å². The molecule has 2 heterocycles. The Balaban J connectivity index is 1.73. The fraction of sp³-hybridized carbons (Fsp3) is 0.208. The number of nitrogens with zero attached hydrogens (tertiary/aromatic N) is 2. The number of halogens is 5. The number of nitrogens with two attached hydrogens (primary N) is 1. The van der Waals surface area contributed by atoms with E-state index < -0.39 is 29.5 Å². The van der Waals surface area contributed by atoms with Crippen LogP contribution in [0.25, 0.3) is 22.4 Å². The number of ether oxygens (including phenoxy) is 1. The first-order valence-corrected chi connectivity index (χ1v) is 10.9. The number of nitrogens with one attached hydrogen (secondary N) is 1. The summed E-state index contributed by atoms with van der Waals surface area (Å²) in [5.41, 5.74) is 5.63. The van der Waals surface area contributed by atoms with Crippen LogP contribution in [0.2, 0.25) is 0 Å². The van der Waals surface area contributed by atoms with Gasteiger partial charge in [-0.3, -0.25) is 0 Å². The van der Waals surface area contributed by atoms with Crippen molar-refractivity contribution in [2.24, 2.45) is 5.73 Å². The van der Waals surface area contributed by atoms with Crippen molar-refractivity contribution in [2.45, 2.75) is 25.7 Å². The summed E-state index contributed by atoms with van der Waals surface area (Å²) >= 11 is 5.41. The molecular formula is C24H19F5N4O2S. The summed E-state index contributed by atoms with van der Waals surface area (Å²) in [7, 11) is 1.32. The SMILES string of the molecule is COc1ccc(-c2nc(C(=S)NCc3ccc(F)cc3F)c([C@H](C)N)o2)c2ccc(C(F)(F)F)nc12. The van der Waals surface area contributed by atoms with Crippen molar-refractivity contribution >= 4 is 28.1 Å². The lowest BCUT2D eigenvalue weighted by molar-refractivity contribution is -0.140. The third-order valence-electron chi connectivity index (χ3n) is 5.30. The number of hydrogen-bond donors (Lipinski definition) is 2. The molecule has 4 aromatic rings. The molecule has 0 saturated heterocycles. The van der Waals surface area contributed by atoms with E-state index in [-0.39, 0.29) is 45.7 Å². The topological polar surface area (TPSA) is 86.2 Å². The second-order valence-corrected chi connectivity index (χ2v) is 8.25. The number of alkyl halides is 3. The lowest BCUT2D eigenvalue weighted by Gasteiger charge is -2.11. The van der Waals surface area contributed by atoms with E-state index in [0.717, 1.165) is 18.2 Å². The highest BCUT2D eigenvalue weighted by Crippen LogP contribution is 2.37. The van der Waals surface area contributed by atoms with Crippen LogP contribution in [0.5, 0.6) is 5.75 Å². The summed E-state index contributed by atoms with van der Waals surface area (Å²) in [6, 6.07) is 7.65. The minimum Gasteiger partial charge on any atom is -0.494 e. The van der Waals surface area contributed by atoms with Crippen LogP contribution in [0.3, 0.4) is 0 Å². The highest BCUT2D eigenvalue weighted by atomic mass is 32.1. The third-order valence-corrected chi connectivity index (χ3v) is 5.64. The molecule has 3 N–H and O–H groups in total. The molecule has 0 unspecified atom stereocenters. The lowest BCUT2D eigenvalue weighted by Crippen LogP contribution is -2.24. The van der Waals surface area contributed by atoms with E-state index in [4.69, 9.17) is 27.1 Å². The van der Waals surface area contributed by atoms with Gasteiger partial charge in [-0.05, 0) is 37.3 Å².